The summed E-state index contributed by atoms with van der Waals surface area (Å²) in [5.41, 5.74) is 0. The van der Waals surface area contributed by atoms with Gasteiger partial charge in [0.1, 0.15) is 0 Å². The largest absolute Gasteiger partial charge is 0.379 e. The van der Waals surface area contributed by atoms with Crippen LogP contribution in [-0.4, -0.2) is 76.4 Å². The van der Waals surface area contributed by atoms with Crippen LogP contribution in [0.1, 0.15) is 6.92 Å². The second kappa shape index (κ2) is 8.01. The maximum absolute atomic E-state index is 5.62. The number of likely N-dealkylation sites (N-methyl/N-ethyl adjacent to an activating group) is 1. The summed E-state index contributed by atoms with van der Waals surface area (Å²) < 4.78 is 5.62. The van der Waals surface area contributed by atoms with Gasteiger partial charge in [-0.05, 0) is 26.6 Å². The van der Waals surface area contributed by atoms with Crippen molar-refractivity contribution in [1.29, 1.82) is 0 Å². The van der Waals surface area contributed by atoms with E-state index in [9.17, 15) is 0 Å². The molecule has 4 heteroatoms. The Morgan fingerprint density at radius 1 is 1.38 bits per heavy atom. The molecule has 1 aliphatic rings. The molecule has 1 atom stereocenters. The second-order valence-electron chi connectivity index (χ2n) is 5.03. The standard InChI is InChI=1S/C12H27N3O/c1-12-10-13-4-5-15(11-12)7-9-16-8-6-14(2)3/h12-13H,4-11H2,1-3H3. The van der Waals surface area contributed by atoms with Crippen molar-refractivity contribution < 1.29 is 4.74 Å². The average Bonchev–Trinajstić information content (AvgIpc) is 2.42. The summed E-state index contributed by atoms with van der Waals surface area (Å²) in [7, 11) is 4.15. The highest BCUT2D eigenvalue weighted by Crippen LogP contribution is 2.01. The molecule has 1 N–H and O–H groups in total. The minimum Gasteiger partial charge on any atom is -0.379 e. The molecule has 0 aromatic heterocycles. The Kier molecular flexibility index (Phi) is 6.96. The van der Waals surface area contributed by atoms with Gasteiger partial charge in [-0.25, -0.2) is 0 Å². The number of nitrogens with one attached hydrogen (secondary N) is 1. The van der Waals surface area contributed by atoms with Gasteiger partial charge in [-0.1, -0.05) is 6.92 Å². The Morgan fingerprint density at radius 2 is 2.19 bits per heavy atom. The van der Waals surface area contributed by atoms with Gasteiger partial charge in [0.25, 0.3) is 0 Å². The molecule has 0 aromatic rings. The van der Waals surface area contributed by atoms with Crippen molar-refractivity contribution in [2.75, 3.05) is 66.6 Å². The highest BCUT2D eigenvalue weighted by molar-refractivity contribution is 4.70. The monoisotopic (exact) mass is 229 g/mol. The quantitative estimate of drug-likeness (QED) is 0.654. The van der Waals surface area contributed by atoms with Crippen LogP contribution < -0.4 is 5.32 Å². The van der Waals surface area contributed by atoms with E-state index in [1.165, 1.54) is 6.54 Å². The van der Waals surface area contributed by atoms with E-state index < -0.39 is 0 Å². The van der Waals surface area contributed by atoms with Gasteiger partial charge in [-0.2, -0.15) is 0 Å². The Bertz CT molecular complexity index is 176. The van der Waals surface area contributed by atoms with Crippen molar-refractivity contribution in [2.45, 2.75) is 6.92 Å². The molecule has 1 saturated heterocycles. The molecule has 0 aliphatic carbocycles. The lowest BCUT2D eigenvalue weighted by Gasteiger charge is -2.21. The van der Waals surface area contributed by atoms with Crippen molar-refractivity contribution >= 4 is 0 Å². The number of hydrogen-bond donors (Lipinski definition) is 1. The maximum Gasteiger partial charge on any atom is 0.0594 e. The second-order valence-corrected chi connectivity index (χ2v) is 5.03. The normalized spacial score (nSPS) is 23.6. The summed E-state index contributed by atoms with van der Waals surface area (Å²) in [6.45, 7) is 10.7. The summed E-state index contributed by atoms with van der Waals surface area (Å²) in [5.74, 6) is 0.754. The molecule has 1 fully saturated rings. The Balaban J connectivity index is 2.02. The lowest BCUT2D eigenvalue weighted by molar-refractivity contribution is 0.0915. The minimum absolute atomic E-state index is 0.754. The molecule has 16 heavy (non-hydrogen) atoms. The highest BCUT2D eigenvalue weighted by Gasteiger charge is 2.13. The van der Waals surface area contributed by atoms with Crippen LogP contribution in [0.3, 0.4) is 0 Å². The van der Waals surface area contributed by atoms with Gasteiger partial charge in [0.2, 0.25) is 0 Å². The van der Waals surface area contributed by atoms with E-state index in [2.05, 4.69) is 36.1 Å². The number of rotatable bonds is 6. The third kappa shape index (κ3) is 6.43. The van der Waals surface area contributed by atoms with Gasteiger partial charge in [-0.3, -0.25) is 4.90 Å². The van der Waals surface area contributed by atoms with Gasteiger partial charge >= 0.3 is 0 Å². The summed E-state index contributed by atoms with van der Waals surface area (Å²) in [5, 5.41) is 3.45. The summed E-state index contributed by atoms with van der Waals surface area (Å²) in [6.07, 6.45) is 0. The van der Waals surface area contributed by atoms with Gasteiger partial charge in [-0.15, -0.1) is 0 Å². The molecular formula is C12H27N3O. The third-order valence-corrected chi connectivity index (χ3v) is 2.90. The summed E-state index contributed by atoms with van der Waals surface area (Å²) in [6, 6.07) is 0. The molecule has 1 aliphatic heterocycles. The van der Waals surface area contributed by atoms with Crippen LogP contribution >= 0.6 is 0 Å². The molecule has 1 heterocycles. The molecular weight excluding hydrogens is 202 g/mol. The van der Waals surface area contributed by atoms with E-state index in [0.717, 1.165) is 51.9 Å². The lowest BCUT2D eigenvalue weighted by Crippen LogP contribution is -2.33. The zero-order chi connectivity index (χ0) is 11.8. The fourth-order valence-corrected chi connectivity index (χ4v) is 1.93. The number of nitrogens with zero attached hydrogens (tertiary/aromatic N) is 2. The summed E-state index contributed by atoms with van der Waals surface area (Å²) >= 11 is 0. The molecule has 1 unspecified atom stereocenters. The SMILES string of the molecule is CC1CNCCN(CCOCCN(C)C)C1. The molecule has 0 aromatic carbocycles. The fraction of sp³-hybridized carbons (Fsp3) is 1.00. The third-order valence-electron chi connectivity index (χ3n) is 2.90. The van der Waals surface area contributed by atoms with Crippen molar-refractivity contribution in [1.82, 2.24) is 15.1 Å². The van der Waals surface area contributed by atoms with Crippen molar-refractivity contribution in [2.24, 2.45) is 5.92 Å². The number of ether oxygens (including phenoxy) is 1. The van der Waals surface area contributed by atoms with Crippen LogP contribution in [0, 0.1) is 5.92 Å². The van der Waals surface area contributed by atoms with Crippen molar-refractivity contribution in [3.63, 3.8) is 0 Å². The predicted molar refractivity (Wildman–Crippen MR) is 67.8 cm³/mol. The lowest BCUT2D eigenvalue weighted by atomic mass is 10.2. The molecule has 0 saturated carbocycles. The first kappa shape index (κ1) is 13.9. The van der Waals surface area contributed by atoms with Crippen LogP contribution in [-0.2, 0) is 4.74 Å². The van der Waals surface area contributed by atoms with Crippen LogP contribution in [0.5, 0.6) is 0 Å². The minimum atomic E-state index is 0.754. The molecule has 0 amide bonds. The predicted octanol–water partition coefficient (Wildman–Crippen LogP) is 0.106. The molecule has 0 spiro atoms. The first-order valence-electron chi connectivity index (χ1n) is 6.34. The van der Waals surface area contributed by atoms with Crippen LogP contribution in [0.15, 0.2) is 0 Å². The first-order chi connectivity index (χ1) is 7.68. The zero-order valence-corrected chi connectivity index (χ0v) is 11.0. The highest BCUT2D eigenvalue weighted by atomic mass is 16.5. The first-order valence-corrected chi connectivity index (χ1v) is 6.34. The smallest absolute Gasteiger partial charge is 0.0594 e. The molecule has 4 nitrogen and oxygen atoms in total. The van der Waals surface area contributed by atoms with Gasteiger partial charge in [0, 0.05) is 32.7 Å². The van der Waals surface area contributed by atoms with E-state index >= 15 is 0 Å². The van der Waals surface area contributed by atoms with Crippen LogP contribution in [0.4, 0.5) is 0 Å². The van der Waals surface area contributed by atoms with E-state index in [4.69, 9.17) is 4.74 Å². The Hall–Kier alpha value is -0.160. The summed E-state index contributed by atoms with van der Waals surface area (Å²) in [4.78, 5) is 4.65. The Labute approximate surface area is 99.9 Å². The van der Waals surface area contributed by atoms with Crippen molar-refractivity contribution in [3.05, 3.63) is 0 Å². The van der Waals surface area contributed by atoms with Crippen LogP contribution in [0.2, 0.25) is 0 Å². The van der Waals surface area contributed by atoms with E-state index in [-0.39, 0.29) is 0 Å². The zero-order valence-electron chi connectivity index (χ0n) is 11.0. The molecule has 0 bridgehead atoms. The number of hydrogen-bond acceptors (Lipinski definition) is 4. The van der Waals surface area contributed by atoms with Gasteiger partial charge in [0.15, 0.2) is 0 Å². The van der Waals surface area contributed by atoms with E-state index in [1.54, 1.807) is 0 Å². The van der Waals surface area contributed by atoms with Crippen LogP contribution in [0.25, 0.3) is 0 Å². The molecule has 1 rings (SSSR count). The van der Waals surface area contributed by atoms with E-state index in [1.807, 2.05) is 0 Å². The fourth-order valence-electron chi connectivity index (χ4n) is 1.93. The van der Waals surface area contributed by atoms with E-state index in [0.29, 0.717) is 0 Å². The van der Waals surface area contributed by atoms with Gasteiger partial charge in [0.05, 0.1) is 13.2 Å². The molecule has 96 valence electrons. The topological polar surface area (TPSA) is 27.7 Å². The van der Waals surface area contributed by atoms with Gasteiger partial charge < -0.3 is 15.0 Å². The maximum atomic E-state index is 5.62. The average molecular weight is 229 g/mol. The molecule has 0 radical (unpaired) electrons. The Morgan fingerprint density at radius 3 is 2.94 bits per heavy atom. The van der Waals surface area contributed by atoms with Crippen molar-refractivity contribution in [3.8, 4) is 0 Å².